The molecule has 0 saturated carbocycles. The van der Waals surface area contributed by atoms with E-state index in [1.54, 1.807) is 0 Å². The maximum atomic E-state index is 5.87. The van der Waals surface area contributed by atoms with Gasteiger partial charge in [-0.25, -0.2) is 0 Å². The Hall–Kier alpha value is -0.0151. The van der Waals surface area contributed by atoms with Gasteiger partial charge >= 0.3 is 0 Å². The lowest BCUT2D eigenvalue weighted by molar-refractivity contribution is 0.320. The lowest BCUT2D eigenvalue weighted by atomic mass is 9.51. The minimum absolute atomic E-state index is 0.561. The second-order valence-electron chi connectivity index (χ2n) is 4.51. The van der Waals surface area contributed by atoms with E-state index in [4.69, 9.17) is 10.4 Å². The van der Waals surface area contributed by atoms with Gasteiger partial charge in [0.15, 0.2) is 0 Å². The van der Waals surface area contributed by atoms with Crippen molar-refractivity contribution in [1.82, 2.24) is 0 Å². The Morgan fingerprint density at radius 3 is 2.23 bits per heavy atom. The van der Waals surface area contributed by atoms with Crippen LogP contribution in [-0.4, -0.2) is 20.1 Å². The SMILES string of the molecule is NCCOB1[C@@H]2CCCC[C@H]1CC2. The number of hydrogen-bond acceptors (Lipinski definition) is 2. The van der Waals surface area contributed by atoms with Crippen LogP contribution in [0.3, 0.4) is 0 Å². The van der Waals surface area contributed by atoms with E-state index in [-0.39, 0.29) is 0 Å². The first-order chi connectivity index (χ1) is 6.42. The first-order valence-electron chi connectivity index (χ1n) is 5.73. The maximum Gasteiger partial charge on any atom is 0.299 e. The smallest absolute Gasteiger partial charge is 0.299 e. The number of fused-ring (bicyclic) bond motifs is 2. The molecular weight excluding hydrogens is 161 g/mol. The summed E-state index contributed by atoms with van der Waals surface area (Å²) in [5.41, 5.74) is 5.47. The van der Waals surface area contributed by atoms with Crippen molar-refractivity contribution >= 4 is 6.92 Å². The monoisotopic (exact) mass is 181 g/mol. The number of hydrogen-bond donors (Lipinski definition) is 1. The third kappa shape index (κ3) is 2.08. The molecule has 0 amide bonds. The molecule has 0 aromatic heterocycles. The van der Waals surface area contributed by atoms with Gasteiger partial charge in [-0.3, -0.25) is 0 Å². The molecule has 2 rings (SSSR count). The molecule has 2 atom stereocenters. The van der Waals surface area contributed by atoms with Crippen LogP contribution in [0.25, 0.3) is 0 Å². The minimum atomic E-state index is 0.561. The van der Waals surface area contributed by atoms with E-state index in [1.807, 2.05) is 0 Å². The molecule has 13 heavy (non-hydrogen) atoms. The summed E-state index contributed by atoms with van der Waals surface area (Å²) in [7, 11) is 0. The minimum Gasteiger partial charge on any atom is -0.434 e. The van der Waals surface area contributed by atoms with Gasteiger partial charge in [0.2, 0.25) is 0 Å². The van der Waals surface area contributed by atoms with Crippen LogP contribution in [0.4, 0.5) is 0 Å². The molecule has 0 aromatic rings. The molecule has 0 radical (unpaired) electrons. The summed E-state index contributed by atoms with van der Waals surface area (Å²) in [5, 5.41) is 0. The standard InChI is InChI=1S/C10H20BNO/c12-7-8-13-11-9-3-1-2-4-10(11)6-5-9/h9-10H,1-8,12H2/t9-,10+. The molecule has 2 aliphatic heterocycles. The largest absolute Gasteiger partial charge is 0.434 e. The number of nitrogens with two attached hydrogens (primary N) is 1. The fourth-order valence-corrected chi connectivity index (χ4v) is 3.05. The second kappa shape index (κ2) is 4.47. The molecule has 2 aliphatic rings. The summed E-state index contributed by atoms with van der Waals surface area (Å²) >= 11 is 0. The van der Waals surface area contributed by atoms with Crippen molar-refractivity contribution in [2.45, 2.75) is 50.2 Å². The number of rotatable bonds is 3. The van der Waals surface area contributed by atoms with E-state index < -0.39 is 0 Å². The molecule has 2 saturated heterocycles. The van der Waals surface area contributed by atoms with Gasteiger partial charge in [0, 0.05) is 13.2 Å². The predicted molar refractivity (Wildman–Crippen MR) is 56.0 cm³/mol. The van der Waals surface area contributed by atoms with E-state index in [0.29, 0.717) is 13.5 Å². The fraction of sp³-hybridized carbons (Fsp3) is 1.00. The molecule has 2 N–H and O–H groups in total. The fourth-order valence-electron chi connectivity index (χ4n) is 3.05. The third-order valence-corrected chi connectivity index (χ3v) is 3.67. The lowest BCUT2D eigenvalue weighted by Gasteiger charge is -2.17. The highest BCUT2D eigenvalue weighted by molar-refractivity contribution is 6.56. The summed E-state index contributed by atoms with van der Waals surface area (Å²) in [6.07, 6.45) is 8.44. The van der Waals surface area contributed by atoms with Crippen LogP contribution in [0.1, 0.15) is 38.5 Å². The van der Waals surface area contributed by atoms with Crippen molar-refractivity contribution in [2.24, 2.45) is 5.73 Å². The molecule has 3 heteroatoms. The van der Waals surface area contributed by atoms with Gasteiger partial charge < -0.3 is 10.4 Å². The molecule has 2 heterocycles. The van der Waals surface area contributed by atoms with Crippen molar-refractivity contribution in [3.8, 4) is 0 Å². The van der Waals surface area contributed by atoms with Gasteiger partial charge in [-0.2, -0.15) is 0 Å². The zero-order valence-corrected chi connectivity index (χ0v) is 8.37. The van der Waals surface area contributed by atoms with Crippen molar-refractivity contribution in [3.05, 3.63) is 0 Å². The molecule has 0 spiro atoms. The maximum absolute atomic E-state index is 5.87. The molecule has 0 aromatic carbocycles. The summed E-state index contributed by atoms with van der Waals surface area (Å²) < 4.78 is 5.87. The van der Waals surface area contributed by atoms with Gasteiger partial charge in [0.1, 0.15) is 0 Å². The molecule has 0 aliphatic carbocycles. The van der Waals surface area contributed by atoms with Gasteiger partial charge in [-0.1, -0.05) is 38.5 Å². The van der Waals surface area contributed by atoms with Crippen LogP contribution in [0, 0.1) is 0 Å². The topological polar surface area (TPSA) is 35.2 Å². The Bertz CT molecular complexity index is 151. The summed E-state index contributed by atoms with van der Waals surface area (Å²) in [4.78, 5) is 0. The Morgan fingerprint density at radius 2 is 1.69 bits per heavy atom. The molecular formula is C10H20BNO. The van der Waals surface area contributed by atoms with E-state index in [9.17, 15) is 0 Å². The average molecular weight is 181 g/mol. The summed E-state index contributed by atoms with van der Waals surface area (Å²) in [5.74, 6) is 1.72. The van der Waals surface area contributed by atoms with Crippen LogP contribution < -0.4 is 5.73 Å². The van der Waals surface area contributed by atoms with E-state index in [1.165, 1.54) is 38.5 Å². The van der Waals surface area contributed by atoms with E-state index in [2.05, 4.69) is 0 Å². The molecule has 74 valence electrons. The van der Waals surface area contributed by atoms with Crippen molar-refractivity contribution in [3.63, 3.8) is 0 Å². The second-order valence-corrected chi connectivity index (χ2v) is 4.51. The van der Waals surface area contributed by atoms with Crippen LogP contribution >= 0.6 is 0 Å². The zero-order valence-electron chi connectivity index (χ0n) is 8.37. The Kier molecular flexibility index (Phi) is 3.28. The van der Waals surface area contributed by atoms with Crippen molar-refractivity contribution < 1.29 is 4.65 Å². The van der Waals surface area contributed by atoms with Crippen molar-refractivity contribution in [1.29, 1.82) is 0 Å². The van der Waals surface area contributed by atoms with E-state index >= 15 is 0 Å². The summed E-state index contributed by atoms with van der Waals surface area (Å²) in [6.45, 7) is 2.00. The van der Waals surface area contributed by atoms with Crippen LogP contribution in [-0.2, 0) is 4.65 Å². The average Bonchev–Trinajstić information content (AvgIpc) is 2.36. The van der Waals surface area contributed by atoms with Crippen LogP contribution in [0.5, 0.6) is 0 Å². The quantitative estimate of drug-likeness (QED) is 0.676. The Labute approximate surface area is 81.3 Å². The first-order valence-corrected chi connectivity index (χ1v) is 5.73. The normalized spacial score (nSPS) is 33.5. The van der Waals surface area contributed by atoms with E-state index in [0.717, 1.165) is 18.2 Å². The molecule has 0 unspecified atom stereocenters. The first kappa shape index (κ1) is 9.54. The molecule has 2 bridgehead atoms. The third-order valence-electron chi connectivity index (χ3n) is 3.67. The highest BCUT2D eigenvalue weighted by atomic mass is 16.4. The Balaban J connectivity index is 1.91. The molecule has 2 nitrogen and oxygen atoms in total. The highest BCUT2D eigenvalue weighted by Gasteiger charge is 2.41. The van der Waals surface area contributed by atoms with Gasteiger partial charge in [-0.05, 0) is 11.6 Å². The zero-order chi connectivity index (χ0) is 9.10. The Morgan fingerprint density at radius 1 is 1.08 bits per heavy atom. The highest BCUT2D eigenvalue weighted by Crippen LogP contribution is 2.47. The van der Waals surface area contributed by atoms with Gasteiger partial charge in [0.25, 0.3) is 6.92 Å². The van der Waals surface area contributed by atoms with Crippen LogP contribution in [0.2, 0.25) is 11.6 Å². The van der Waals surface area contributed by atoms with Crippen LogP contribution in [0.15, 0.2) is 0 Å². The van der Waals surface area contributed by atoms with Crippen molar-refractivity contribution in [2.75, 3.05) is 13.2 Å². The predicted octanol–water partition coefficient (Wildman–Crippen LogP) is 2.06. The lowest BCUT2D eigenvalue weighted by Crippen LogP contribution is -2.26. The van der Waals surface area contributed by atoms with Gasteiger partial charge in [0.05, 0.1) is 0 Å². The summed E-state index contributed by atoms with van der Waals surface area (Å²) in [6, 6.07) is 0. The van der Waals surface area contributed by atoms with Gasteiger partial charge in [-0.15, -0.1) is 0 Å². The molecule has 2 fully saturated rings.